The van der Waals surface area contributed by atoms with E-state index in [9.17, 15) is 91.6 Å². The number of unbranched alkanes of at least 4 members (excludes halogenated alkanes) is 2. The SMILES string of the molecule is CC(=O)N[C@H]1[C@H](O[C@H]2[C@@H](O)[C@@H](CO)O[C@H](O[C@@H]3[C@H](O)[C@@H](O)[C@H](O[C@H]4[C@H](O)[C@@H](O)[C@H](OCCCCCN)O[C@@H]4CO)O[C@@H]3CO)[C@@H]2O)O[C@H](CO)[C@H](O)[C@@H]1O[C@@H]1O[C@H](CO)[C@H](O)[C@H](O)[C@H]1O[C@@H]1O[C@@H](C)[C@@H](O)[C@@H](O)[C@@H]1O. The highest BCUT2D eigenvalue weighted by molar-refractivity contribution is 5.73. The summed E-state index contributed by atoms with van der Waals surface area (Å²) in [4.78, 5) is 12.8. The minimum absolute atomic E-state index is 0.111. The summed E-state index contributed by atoms with van der Waals surface area (Å²) < 4.78 is 69.1. The molecule has 6 fully saturated rings. The van der Waals surface area contributed by atoms with Crippen molar-refractivity contribution in [2.24, 2.45) is 5.73 Å². The summed E-state index contributed by atoms with van der Waals surface area (Å²) >= 11 is 0. The van der Waals surface area contributed by atoms with E-state index in [0.717, 1.165) is 13.3 Å². The number of rotatable bonds is 22. The van der Waals surface area contributed by atoms with Crippen molar-refractivity contribution in [2.45, 2.75) is 217 Å². The van der Waals surface area contributed by atoms with E-state index >= 15 is 0 Å². The van der Waals surface area contributed by atoms with Crippen LogP contribution in [0.15, 0.2) is 0 Å². The molecule has 20 N–H and O–H groups in total. The van der Waals surface area contributed by atoms with Crippen molar-refractivity contribution in [1.82, 2.24) is 5.32 Å². The topological polar surface area (TPSA) is 510 Å². The number of nitrogens with two attached hydrogens (primary N) is 1. The van der Waals surface area contributed by atoms with Crippen LogP contribution >= 0.6 is 0 Å². The first-order chi connectivity index (χ1) is 35.7. The number of hydrogen-bond acceptors (Lipinski definition) is 31. The van der Waals surface area contributed by atoms with Crippen molar-refractivity contribution < 1.29 is 148 Å². The first-order valence-corrected chi connectivity index (χ1v) is 24.7. The molecule has 0 unspecified atom stereocenters. The number of carbonyl (C=O) groups is 1. The second-order valence-electron chi connectivity index (χ2n) is 19.2. The third-order valence-electron chi connectivity index (χ3n) is 13.9. The van der Waals surface area contributed by atoms with E-state index in [-0.39, 0.29) is 6.61 Å². The van der Waals surface area contributed by atoms with Crippen LogP contribution in [0.4, 0.5) is 0 Å². The fraction of sp³-hybridized carbons (Fsp3) is 0.977. The molecule has 0 aromatic heterocycles. The van der Waals surface area contributed by atoms with Gasteiger partial charge in [-0.1, -0.05) is 0 Å². The van der Waals surface area contributed by atoms with Crippen LogP contribution in [0, 0.1) is 0 Å². The normalized spacial score (nSPS) is 48.9. The van der Waals surface area contributed by atoms with Gasteiger partial charge in [-0.3, -0.25) is 4.79 Å². The van der Waals surface area contributed by atoms with E-state index in [4.69, 9.17) is 62.6 Å². The Balaban J connectivity index is 1.20. The fourth-order valence-electron chi connectivity index (χ4n) is 9.59. The van der Waals surface area contributed by atoms with Crippen LogP contribution < -0.4 is 11.1 Å². The molecule has 0 saturated carbocycles. The highest BCUT2D eigenvalue weighted by Gasteiger charge is 2.58. The Morgan fingerprint density at radius 1 is 0.413 bits per heavy atom. The fourth-order valence-corrected chi connectivity index (χ4v) is 9.59. The maximum Gasteiger partial charge on any atom is 0.217 e. The van der Waals surface area contributed by atoms with Crippen LogP contribution in [0.1, 0.15) is 33.1 Å². The van der Waals surface area contributed by atoms with Gasteiger partial charge >= 0.3 is 0 Å². The molecule has 30 atom stereocenters. The minimum Gasteiger partial charge on any atom is -0.394 e. The van der Waals surface area contributed by atoms with Crippen LogP contribution in [-0.4, -0.2) is 323 Å². The molecule has 6 rings (SSSR count). The summed E-state index contributed by atoms with van der Waals surface area (Å²) in [5, 5.41) is 186. The van der Waals surface area contributed by atoms with Gasteiger partial charge in [-0.05, 0) is 32.7 Å². The van der Waals surface area contributed by atoms with Gasteiger partial charge < -0.3 is 155 Å². The van der Waals surface area contributed by atoms with Crippen LogP contribution in [0.25, 0.3) is 0 Å². The molecule has 75 heavy (non-hydrogen) atoms. The van der Waals surface area contributed by atoms with Gasteiger partial charge in [0.05, 0.1) is 39.1 Å². The first kappa shape index (κ1) is 62.5. The quantitative estimate of drug-likeness (QED) is 0.0448. The Kier molecular flexibility index (Phi) is 23.4. The molecular weight excluding hydrogens is 1020 g/mol. The number of carbonyl (C=O) groups excluding carboxylic acids is 1. The molecule has 6 aliphatic rings. The molecule has 32 nitrogen and oxygen atoms in total. The number of hydrogen-bond donors (Lipinski definition) is 19. The number of nitrogens with one attached hydrogen (secondary N) is 1. The van der Waals surface area contributed by atoms with Crippen molar-refractivity contribution in [3.63, 3.8) is 0 Å². The second-order valence-corrected chi connectivity index (χ2v) is 19.2. The maximum absolute atomic E-state index is 12.8. The molecule has 438 valence electrons. The number of aliphatic hydroxyl groups is 17. The number of ether oxygens (including phenoxy) is 12. The third kappa shape index (κ3) is 14.1. The smallest absolute Gasteiger partial charge is 0.217 e. The Hall–Kier alpha value is -1.73. The van der Waals surface area contributed by atoms with E-state index in [1.54, 1.807) is 0 Å². The van der Waals surface area contributed by atoms with Crippen LogP contribution in [0.5, 0.6) is 0 Å². The molecule has 0 aliphatic carbocycles. The van der Waals surface area contributed by atoms with Crippen molar-refractivity contribution in [1.29, 1.82) is 0 Å². The Bertz CT molecular complexity index is 1720. The Labute approximate surface area is 428 Å². The van der Waals surface area contributed by atoms with Crippen LogP contribution in [0.3, 0.4) is 0 Å². The van der Waals surface area contributed by atoms with E-state index in [1.807, 2.05) is 0 Å². The molecular formula is C43H76N2O30. The lowest BCUT2D eigenvalue weighted by Crippen LogP contribution is -2.70. The molecule has 6 saturated heterocycles. The summed E-state index contributed by atoms with van der Waals surface area (Å²) in [7, 11) is 0. The average Bonchev–Trinajstić information content (AvgIpc) is 3.39. The van der Waals surface area contributed by atoms with Crippen molar-refractivity contribution in [3.05, 3.63) is 0 Å². The van der Waals surface area contributed by atoms with Gasteiger partial charge in [-0.2, -0.15) is 0 Å². The zero-order valence-electron chi connectivity index (χ0n) is 40.9. The molecule has 0 spiro atoms. The number of amides is 1. The zero-order valence-corrected chi connectivity index (χ0v) is 40.9. The van der Waals surface area contributed by atoms with Crippen LogP contribution in [-0.2, 0) is 61.6 Å². The van der Waals surface area contributed by atoms with Gasteiger partial charge in [-0.25, -0.2) is 0 Å². The van der Waals surface area contributed by atoms with E-state index < -0.39 is 223 Å². The van der Waals surface area contributed by atoms with Gasteiger partial charge in [0.15, 0.2) is 37.7 Å². The van der Waals surface area contributed by atoms with Crippen molar-refractivity contribution >= 4 is 5.91 Å². The molecule has 6 heterocycles. The van der Waals surface area contributed by atoms with E-state index in [1.165, 1.54) is 6.92 Å². The molecule has 0 aromatic rings. The largest absolute Gasteiger partial charge is 0.394 e. The molecule has 1 amide bonds. The first-order valence-electron chi connectivity index (χ1n) is 24.7. The summed E-state index contributed by atoms with van der Waals surface area (Å²) in [5.41, 5.74) is 5.51. The molecule has 0 bridgehead atoms. The highest BCUT2D eigenvalue weighted by Crippen LogP contribution is 2.37. The van der Waals surface area contributed by atoms with Gasteiger partial charge in [0, 0.05) is 13.5 Å². The van der Waals surface area contributed by atoms with Gasteiger partial charge in [-0.15, -0.1) is 0 Å². The van der Waals surface area contributed by atoms with Gasteiger partial charge in [0.1, 0.15) is 140 Å². The monoisotopic (exact) mass is 1100 g/mol. The van der Waals surface area contributed by atoms with E-state index in [2.05, 4.69) is 5.32 Å². The maximum atomic E-state index is 12.8. The summed E-state index contributed by atoms with van der Waals surface area (Å²) in [5.74, 6) is -0.858. The second kappa shape index (κ2) is 28.1. The average molecular weight is 1100 g/mol. The van der Waals surface area contributed by atoms with Crippen LogP contribution in [0.2, 0.25) is 0 Å². The number of aliphatic hydroxyl groups excluding tert-OH is 17. The summed E-state index contributed by atoms with van der Waals surface area (Å²) in [6, 6.07) is -1.78. The summed E-state index contributed by atoms with van der Waals surface area (Å²) in [6.45, 7) is -1.86. The summed E-state index contributed by atoms with van der Waals surface area (Å²) in [6.07, 6.45) is -51.2. The molecule has 0 radical (unpaired) electrons. The van der Waals surface area contributed by atoms with Crippen molar-refractivity contribution in [2.75, 3.05) is 46.2 Å². The lowest BCUT2D eigenvalue weighted by Gasteiger charge is -2.51. The Morgan fingerprint density at radius 2 is 0.827 bits per heavy atom. The third-order valence-corrected chi connectivity index (χ3v) is 13.9. The zero-order chi connectivity index (χ0) is 55.2. The van der Waals surface area contributed by atoms with Gasteiger partial charge in [0.25, 0.3) is 0 Å². The molecule has 32 heteroatoms. The lowest BCUT2D eigenvalue weighted by molar-refractivity contribution is -0.393. The van der Waals surface area contributed by atoms with Gasteiger partial charge in [0.2, 0.25) is 5.91 Å². The highest BCUT2D eigenvalue weighted by atomic mass is 16.8. The standard InChI is InChI=1S/C43H76N2O30/c1-13-21(52)25(56)29(60)40(65-13)75-37-26(57)22(53)15(8-46)68-43(37)73-35-20(45-14(2)51)38(66-16(9-47)23(35)54)74-36-24(55)17(10-48)67-42(32(36)63)72-34-19(12-50)70-41(31(62)28(34)59)71-33-18(11-49)69-39(30(61)27(33)58)64-7-5-3-4-6-44/h13,15-43,46-50,52-63H,3-12,44H2,1-2H3,(H,45,51)/t13-,15+,16+,17+,18+,19+,20+,21+,22-,23-,24-,25+,26-,27+,28+,29-,30+,31+,32+,33+,34-,35+,36-,37+,38-,39+,40-,41-,42+,43-/m0/s1. The predicted molar refractivity (Wildman–Crippen MR) is 236 cm³/mol. The van der Waals surface area contributed by atoms with Crippen molar-refractivity contribution in [3.8, 4) is 0 Å². The minimum atomic E-state index is -2.21. The Morgan fingerprint density at radius 3 is 1.39 bits per heavy atom. The predicted octanol–water partition coefficient (Wildman–Crippen LogP) is -11.8. The van der Waals surface area contributed by atoms with E-state index in [0.29, 0.717) is 19.4 Å². The molecule has 0 aromatic carbocycles. The molecule has 6 aliphatic heterocycles. The lowest BCUT2D eigenvalue weighted by atomic mass is 9.94.